The van der Waals surface area contributed by atoms with Gasteiger partial charge in [0.15, 0.2) is 11.4 Å². The van der Waals surface area contributed by atoms with Gasteiger partial charge in [-0.3, -0.25) is 9.59 Å². The average Bonchev–Trinajstić information content (AvgIpc) is 3.50. The number of rotatable bonds is 7. The number of furan rings is 2. The van der Waals surface area contributed by atoms with E-state index in [2.05, 4.69) is 20.7 Å². The zero-order valence-electron chi connectivity index (χ0n) is 16.6. The van der Waals surface area contributed by atoms with Gasteiger partial charge in [0, 0.05) is 6.04 Å². The molecule has 154 valence electrons. The van der Waals surface area contributed by atoms with E-state index in [0.717, 1.165) is 0 Å². The molecule has 4 aromatic heterocycles. The third kappa shape index (κ3) is 3.95. The molecule has 0 fully saturated rings. The molecule has 0 unspecified atom stereocenters. The Morgan fingerprint density at radius 3 is 2.63 bits per heavy atom. The normalized spacial score (nSPS) is 11.2. The molecule has 0 saturated heterocycles. The summed E-state index contributed by atoms with van der Waals surface area (Å²) >= 11 is 0. The first kappa shape index (κ1) is 19.4. The monoisotopic (exact) mass is 407 g/mol. The molecule has 4 rings (SSSR count). The van der Waals surface area contributed by atoms with E-state index < -0.39 is 5.91 Å². The fourth-order valence-electron chi connectivity index (χ4n) is 3.05. The predicted octanol–water partition coefficient (Wildman–Crippen LogP) is 2.91. The number of hydrogen-bond acceptors (Lipinski definition) is 6. The zero-order chi connectivity index (χ0) is 21.1. The summed E-state index contributed by atoms with van der Waals surface area (Å²) in [6.07, 6.45) is 4.69. The summed E-state index contributed by atoms with van der Waals surface area (Å²) in [6, 6.07) is 8.73. The predicted molar refractivity (Wildman–Crippen MR) is 109 cm³/mol. The van der Waals surface area contributed by atoms with Gasteiger partial charge in [-0.05, 0) is 44.2 Å². The van der Waals surface area contributed by atoms with Crippen LogP contribution in [0.3, 0.4) is 0 Å². The average molecular weight is 407 g/mol. The van der Waals surface area contributed by atoms with Crippen molar-refractivity contribution in [3.8, 4) is 11.5 Å². The van der Waals surface area contributed by atoms with Gasteiger partial charge in [-0.15, -0.1) is 0 Å². The Morgan fingerprint density at radius 2 is 1.93 bits per heavy atom. The second-order valence-electron chi connectivity index (χ2n) is 6.99. The van der Waals surface area contributed by atoms with Gasteiger partial charge >= 0.3 is 0 Å². The minimum absolute atomic E-state index is 0.0603. The van der Waals surface area contributed by atoms with Crippen molar-refractivity contribution in [3.05, 3.63) is 60.4 Å². The first-order chi connectivity index (χ1) is 14.5. The molecule has 0 aromatic carbocycles. The lowest BCUT2D eigenvalue weighted by Crippen LogP contribution is -2.36. The van der Waals surface area contributed by atoms with E-state index >= 15 is 0 Å². The van der Waals surface area contributed by atoms with Crippen molar-refractivity contribution in [2.24, 2.45) is 0 Å². The molecule has 0 radical (unpaired) electrons. The molecular weight excluding hydrogens is 386 g/mol. The van der Waals surface area contributed by atoms with E-state index in [4.69, 9.17) is 8.83 Å². The lowest BCUT2D eigenvalue weighted by Gasteiger charge is -2.10. The topological polar surface area (TPSA) is 115 Å². The third-order valence-corrected chi connectivity index (χ3v) is 4.52. The first-order valence-corrected chi connectivity index (χ1v) is 9.52. The Bertz CT molecular complexity index is 1160. The minimum atomic E-state index is -0.397. The molecule has 2 N–H and O–H groups in total. The molecule has 4 heterocycles. The quantitative estimate of drug-likeness (QED) is 0.487. The number of nitrogens with one attached hydrogen (secondary N) is 2. The SMILES string of the molecule is CC(C)n1ncc2c(C(=O)NCC(=O)NCc3ccco3)cc(-c3ccco3)nc21. The van der Waals surface area contributed by atoms with Crippen LogP contribution in [0.15, 0.2) is 57.9 Å². The van der Waals surface area contributed by atoms with Gasteiger partial charge in [0.05, 0.1) is 42.8 Å². The fraction of sp³-hybridized carbons (Fsp3) is 0.238. The molecule has 9 heteroatoms. The second kappa shape index (κ2) is 8.24. The maximum absolute atomic E-state index is 12.9. The molecule has 0 atom stereocenters. The number of nitrogens with zero attached hydrogens (tertiary/aromatic N) is 3. The first-order valence-electron chi connectivity index (χ1n) is 9.52. The third-order valence-electron chi connectivity index (χ3n) is 4.52. The van der Waals surface area contributed by atoms with Crippen LogP contribution >= 0.6 is 0 Å². The lowest BCUT2D eigenvalue weighted by atomic mass is 10.1. The molecule has 0 aliphatic carbocycles. The largest absolute Gasteiger partial charge is 0.467 e. The highest BCUT2D eigenvalue weighted by atomic mass is 16.3. The van der Waals surface area contributed by atoms with Gasteiger partial charge in [-0.25, -0.2) is 9.67 Å². The number of hydrogen-bond donors (Lipinski definition) is 2. The smallest absolute Gasteiger partial charge is 0.252 e. The van der Waals surface area contributed by atoms with E-state index in [1.54, 1.807) is 47.5 Å². The molecule has 0 aliphatic heterocycles. The Labute approximate surface area is 172 Å². The number of aromatic nitrogens is 3. The van der Waals surface area contributed by atoms with E-state index in [9.17, 15) is 9.59 Å². The molecular formula is C21H21N5O4. The molecule has 4 aromatic rings. The molecule has 30 heavy (non-hydrogen) atoms. The highest BCUT2D eigenvalue weighted by Crippen LogP contribution is 2.26. The lowest BCUT2D eigenvalue weighted by molar-refractivity contribution is -0.120. The van der Waals surface area contributed by atoms with Crippen LogP contribution in [0.4, 0.5) is 0 Å². The Morgan fingerprint density at radius 1 is 1.13 bits per heavy atom. The number of carbonyl (C=O) groups is 2. The highest BCUT2D eigenvalue weighted by molar-refractivity contribution is 6.07. The summed E-state index contributed by atoms with van der Waals surface area (Å²) in [6.45, 7) is 4.05. The summed E-state index contributed by atoms with van der Waals surface area (Å²) in [4.78, 5) is 29.6. The van der Waals surface area contributed by atoms with Crippen LogP contribution in [0, 0.1) is 0 Å². The summed E-state index contributed by atoms with van der Waals surface area (Å²) in [5, 5.41) is 10.3. The van der Waals surface area contributed by atoms with Crippen molar-refractivity contribution in [2.45, 2.75) is 26.4 Å². The van der Waals surface area contributed by atoms with Crippen molar-refractivity contribution in [1.82, 2.24) is 25.4 Å². The Hall–Kier alpha value is -3.88. The standard InChI is InChI=1S/C21H21N5O4/c1-13(2)26-20-16(11-24-26)15(9-17(25-20)18-6-4-8-30-18)21(28)23-12-19(27)22-10-14-5-3-7-29-14/h3-9,11,13H,10,12H2,1-2H3,(H,22,27)(H,23,28). The summed E-state index contributed by atoms with van der Waals surface area (Å²) in [7, 11) is 0. The molecule has 0 aliphatic rings. The van der Waals surface area contributed by atoms with Crippen molar-refractivity contribution in [2.75, 3.05) is 6.54 Å². The van der Waals surface area contributed by atoms with E-state index in [1.165, 1.54) is 6.26 Å². The van der Waals surface area contributed by atoms with Gasteiger partial charge in [0.2, 0.25) is 5.91 Å². The van der Waals surface area contributed by atoms with Crippen LogP contribution < -0.4 is 10.6 Å². The Balaban J connectivity index is 1.56. The van der Waals surface area contributed by atoms with Gasteiger partial charge in [0.25, 0.3) is 5.91 Å². The molecule has 9 nitrogen and oxygen atoms in total. The molecule has 2 amide bonds. The van der Waals surface area contributed by atoms with Crippen molar-refractivity contribution in [1.29, 1.82) is 0 Å². The maximum atomic E-state index is 12.9. The fourth-order valence-corrected chi connectivity index (χ4v) is 3.05. The van der Waals surface area contributed by atoms with Crippen LogP contribution in [0.1, 0.15) is 36.0 Å². The van der Waals surface area contributed by atoms with Crippen molar-refractivity contribution >= 4 is 22.8 Å². The second-order valence-corrected chi connectivity index (χ2v) is 6.99. The van der Waals surface area contributed by atoms with E-state index in [1.807, 2.05) is 13.8 Å². The number of pyridine rings is 1. The number of carbonyl (C=O) groups excluding carboxylic acids is 2. The highest BCUT2D eigenvalue weighted by Gasteiger charge is 2.19. The molecule has 0 saturated carbocycles. The van der Waals surface area contributed by atoms with Gasteiger partial charge < -0.3 is 19.5 Å². The van der Waals surface area contributed by atoms with E-state index in [-0.39, 0.29) is 25.0 Å². The van der Waals surface area contributed by atoms with Crippen molar-refractivity contribution < 1.29 is 18.4 Å². The molecule has 0 bridgehead atoms. The molecule has 0 spiro atoms. The van der Waals surface area contributed by atoms with Crippen LogP contribution in [0.25, 0.3) is 22.5 Å². The minimum Gasteiger partial charge on any atom is -0.467 e. The van der Waals surface area contributed by atoms with Gasteiger partial charge in [0.1, 0.15) is 11.5 Å². The van der Waals surface area contributed by atoms with Crippen molar-refractivity contribution in [3.63, 3.8) is 0 Å². The van der Waals surface area contributed by atoms with Gasteiger partial charge in [-0.2, -0.15) is 5.10 Å². The van der Waals surface area contributed by atoms with Crippen LogP contribution in [-0.4, -0.2) is 33.1 Å². The van der Waals surface area contributed by atoms with Crippen LogP contribution in [-0.2, 0) is 11.3 Å². The number of amides is 2. The summed E-state index contributed by atoms with van der Waals surface area (Å²) < 4.78 is 12.4. The summed E-state index contributed by atoms with van der Waals surface area (Å²) in [5.74, 6) is 0.453. The summed E-state index contributed by atoms with van der Waals surface area (Å²) in [5.41, 5.74) is 1.46. The maximum Gasteiger partial charge on any atom is 0.252 e. The van der Waals surface area contributed by atoms with Crippen LogP contribution in [0.5, 0.6) is 0 Å². The Kier molecular flexibility index (Phi) is 5.34. The zero-order valence-corrected chi connectivity index (χ0v) is 16.6. The van der Waals surface area contributed by atoms with E-state index in [0.29, 0.717) is 33.8 Å². The number of fused-ring (bicyclic) bond motifs is 1. The van der Waals surface area contributed by atoms with Gasteiger partial charge in [-0.1, -0.05) is 0 Å². The van der Waals surface area contributed by atoms with Crippen LogP contribution in [0.2, 0.25) is 0 Å².